The maximum Gasteiger partial charge on any atom is 0.335 e. The summed E-state index contributed by atoms with van der Waals surface area (Å²) in [6.07, 6.45) is 1.21. The number of nitrogens with zero attached hydrogens (tertiary/aromatic N) is 1. The second kappa shape index (κ2) is 6.29. The van der Waals surface area contributed by atoms with Crippen LogP contribution in [0.1, 0.15) is 5.56 Å². The Kier molecular flexibility index (Phi) is 4.16. The molecule has 1 aliphatic heterocycles. The number of carbonyl (C=O) groups excluding carboxylic acids is 3. The van der Waals surface area contributed by atoms with Gasteiger partial charge in [-0.15, -0.1) is 0 Å². The maximum atomic E-state index is 12.6. The van der Waals surface area contributed by atoms with E-state index in [1.165, 1.54) is 48.5 Å². The van der Waals surface area contributed by atoms with Crippen molar-refractivity contribution < 1.29 is 24.6 Å². The summed E-state index contributed by atoms with van der Waals surface area (Å²) in [5, 5.41) is 21.4. The van der Waals surface area contributed by atoms with Gasteiger partial charge in [0, 0.05) is 5.02 Å². The second-order valence-electron chi connectivity index (χ2n) is 5.18. The van der Waals surface area contributed by atoms with Gasteiger partial charge in [-0.05, 0) is 48.0 Å². The molecule has 0 aliphatic carbocycles. The van der Waals surface area contributed by atoms with Crippen molar-refractivity contribution in [3.8, 4) is 11.5 Å². The fourth-order valence-electron chi connectivity index (χ4n) is 2.28. The molecule has 3 N–H and O–H groups in total. The third-order valence-corrected chi connectivity index (χ3v) is 3.75. The molecular formula is C17H11ClN2O5. The minimum atomic E-state index is -0.872. The van der Waals surface area contributed by atoms with Gasteiger partial charge in [0.1, 0.15) is 5.57 Å². The molecule has 2 aromatic rings. The van der Waals surface area contributed by atoms with Gasteiger partial charge in [0.05, 0.1) is 5.69 Å². The lowest BCUT2D eigenvalue weighted by molar-refractivity contribution is -0.122. The van der Waals surface area contributed by atoms with Crippen LogP contribution in [0, 0.1) is 0 Å². The predicted molar refractivity (Wildman–Crippen MR) is 90.2 cm³/mol. The van der Waals surface area contributed by atoms with Crippen LogP contribution in [-0.4, -0.2) is 28.1 Å². The predicted octanol–water partition coefficient (Wildman–Crippen LogP) is 2.42. The summed E-state index contributed by atoms with van der Waals surface area (Å²) in [4.78, 5) is 37.5. The number of hydrogen-bond acceptors (Lipinski definition) is 5. The van der Waals surface area contributed by atoms with Gasteiger partial charge >= 0.3 is 6.03 Å². The van der Waals surface area contributed by atoms with Gasteiger partial charge in [0.2, 0.25) is 0 Å². The zero-order valence-electron chi connectivity index (χ0n) is 12.6. The Hall–Kier alpha value is -3.32. The topological polar surface area (TPSA) is 107 Å². The molecule has 3 rings (SSSR count). The lowest BCUT2D eigenvalue weighted by atomic mass is 10.1. The maximum absolute atomic E-state index is 12.6. The molecule has 2 aromatic carbocycles. The number of benzene rings is 2. The highest BCUT2D eigenvalue weighted by Crippen LogP contribution is 2.27. The van der Waals surface area contributed by atoms with Crippen molar-refractivity contribution in [1.29, 1.82) is 0 Å². The van der Waals surface area contributed by atoms with Crippen molar-refractivity contribution in [2.24, 2.45) is 0 Å². The molecule has 1 fully saturated rings. The van der Waals surface area contributed by atoms with Crippen LogP contribution in [0.3, 0.4) is 0 Å². The molecule has 1 aliphatic rings. The molecule has 4 amide bonds. The number of halogens is 1. The quantitative estimate of drug-likeness (QED) is 0.434. The number of imide groups is 2. The van der Waals surface area contributed by atoms with E-state index in [0.29, 0.717) is 10.6 Å². The lowest BCUT2D eigenvalue weighted by Crippen LogP contribution is -2.54. The standard InChI is InChI=1S/C17H11ClN2O5/c18-10-2-4-11(5-3-10)20-16(24)12(15(23)19-17(20)25)7-9-1-6-13(21)14(22)8-9/h1-8,21-22H,(H,19,23,25)/b12-7+. The van der Waals surface area contributed by atoms with Crippen LogP contribution in [0.4, 0.5) is 10.5 Å². The largest absolute Gasteiger partial charge is 0.504 e. The number of aromatic hydroxyl groups is 2. The van der Waals surface area contributed by atoms with E-state index in [0.717, 1.165) is 4.90 Å². The van der Waals surface area contributed by atoms with E-state index in [-0.39, 0.29) is 17.0 Å². The van der Waals surface area contributed by atoms with Crippen LogP contribution in [0.15, 0.2) is 48.0 Å². The highest BCUT2D eigenvalue weighted by atomic mass is 35.5. The van der Waals surface area contributed by atoms with Gasteiger partial charge in [-0.3, -0.25) is 14.9 Å². The van der Waals surface area contributed by atoms with E-state index in [9.17, 15) is 24.6 Å². The van der Waals surface area contributed by atoms with Crippen molar-refractivity contribution in [1.82, 2.24) is 5.32 Å². The Morgan fingerprint density at radius 2 is 1.64 bits per heavy atom. The van der Waals surface area contributed by atoms with Gasteiger partial charge in [0.25, 0.3) is 11.8 Å². The number of urea groups is 1. The Labute approximate surface area is 146 Å². The van der Waals surface area contributed by atoms with Gasteiger partial charge < -0.3 is 10.2 Å². The van der Waals surface area contributed by atoms with Crippen molar-refractivity contribution in [2.75, 3.05) is 4.90 Å². The molecule has 0 unspecified atom stereocenters. The number of hydrogen-bond donors (Lipinski definition) is 3. The fourth-order valence-corrected chi connectivity index (χ4v) is 2.41. The molecule has 1 saturated heterocycles. The summed E-state index contributed by atoms with van der Waals surface area (Å²) < 4.78 is 0. The van der Waals surface area contributed by atoms with Gasteiger partial charge in [0.15, 0.2) is 11.5 Å². The van der Waals surface area contributed by atoms with Crippen LogP contribution in [0.25, 0.3) is 6.08 Å². The van der Waals surface area contributed by atoms with Crippen LogP contribution in [-0.2, 0) is 9.59 Å². The molecule has 0 saturated carbocycles. The van der Waals surface area contributed by atoms with E-state index in [4.69, 9.17) is 11.6 Å². The zero-order chi connectivity index (χ0) is 18.1. The van der Waals surface area contributed by atoms with Gasteiger partial charge in [-0.25, -0.2) is 9.69 Å². The Morgan fingerprint density at radius 1 is 0.960 bits per heavy atom. The first-order valence-corrected chi connectivity index (χ1v) is 7.43. The minimum Gasteiger partial charge on any atom is -0.504 e. The second-order valence-corrected chi connectivity index (χ2v) is 5.62. The van der Waals surface area contributed by atoms with E-state index < -0.39 is 23.6 Å². The molecule has 25 heavy (non-hydrogen) atoms. The van der Waals surface area contributed by atoms with Crippen molar-refractivity contribution >= 4 is 41.2 Å². The number of phenols is 2. The minimum absolute atomic E-state index is 0.249. The third kappa shape index (κ3) is 3.17. The molecule has 0 spiro atoms. The number of amides is 4. The number of phenolic OH excluding ortho intramolecular Hbond substituents is 2. The van der Waals surface area contributed by atoms with Gasteiger partial charge in [-0.1, -0.05) is 17.7 Å². The first kappa shape index (κ1) is 16.5. The third-order valence-electron chi connectivity index (χ3n) is 3.50. The summed E-state index contributed by atoms with van der Waals surface area (Å²) in [6.45, 7) is 0. The van der Waals surface area contributed by atoms with E-state index in [1.807, 2.05) is 0 Å². The molecule has 126 valence electrons. The van der Waals surface area contributed by atoms with Crippen molar-refractivity contribution in [3.63, 3.8) is 0 Å². The summed E-state index contributed by atoms with van der Waals surface area (Å²) in [7, 11) is 0. The molecule has 0 bridgehead atoms. The summed E-state index contributed by atoms with van der Waals surface area (Å²) >= 11 is 5.80. The van der Waals surface area contributed by atoms with Crippen molar-refractivity contribution in [3.05, 3.63) is 58.6 Å². The average Bonchev–Trinajstić information content (AvgIpc) is 2.56. The highest BCUT2D eigenvalue weighted by Gasteiger charge is 2.36. The Balaban J connectivity index is 2.01. The number of anilines is 1. The Morgan fingerprint density at radius 3 is 2.28 bits per heavy atom. The molecule has 0 aromatic heterocycles. The average molecular weight is 359 g/mol. The lowest BCUT2D eigenvalue weighted by Gasteiger charge is -2.26. The molecule has 0 radical (unpaired) electrons. The van der Waals surface area contributed by atoms with Crippen LogP contribution in [0.2, 0.25) is 5.02 Å². The smallest absolute Gasteiger partial charge is 0.335 e. The first-order chi connectivity index (χ1) is 11.9. The van der Waals surface area contributed by atoms with E-state index in [1.54, 1.807) is 0 Å². The molecule has 1 heterocycles. The molecule has 0 atom stereocenters. The number of carbonyl (C=O) groups is 3. The van der Waals surface area contributed by atoms with Crippen LogP contribution in [0.5, 0.6) is 11.5 Å². The molecule has 7 nitrogen and oxygen atoms in total. The molecular weight excluding hydrogens is 348 g/mol. The number of barbiturate groups is 1. The monoisotopic (exact) mass is 358 g/mol. The van der Waals surface area contributed by atoms with E-state index in [2.05, 4.69) is 5.32 Å². The first-order valence-electron chi connectivity index (χ1n) is 7.06. The number of nitrogens with one attached hydrogen (secondary N) is 1. The fraction of sp³-hybridized carbons (Fsp3) is 0. The van der Waals surface area contributed by atoms with Crippen LogP contribution >= 0.6 is 11.6 Å². The van der Waals surface area contributed by atoms with Crippen molar-refractivity contribution in [2.45, 2.75) is 0 Å². The highest BCUT2D eigenvalue weighted by molar-refractivity contribution is 6.39. The summed E-state index contributed by atoms with van der Waals surface area (Å²) in [5.41, 5.74) is 0.262. The Bertz CT molecular complexity index is 921. The SMILES string of the molecule is O=C1NC(=O)N(c2ccc(Cl)cc2)C(=O)/C1=C/c1ccc(O)c(O)c1. The number of rotatable bonds is 2. The summed E-state index contributed by atoms with van der Waals surface area (Å²) in [6, 6.07) is 8.90. The van der Waals surface area contributed by atoms with E-state index >= 15 is 0 Å². The normalized spacial score (nSPS) is 16.3. The van der Waals surface area contributed by atoms with Gasteiger partial charge in [-0.2, -0.15) is 0 Å². The van der Waals surface area contributed by atoms with Crippen LogP contribution < -0.4 is 10.2 Å². The zero-order valence-corrected chi connectivity index (χ0v) is 13.3. The summed E-state index contributed by atoms with van der Waals surface area (Å²) in [5.74, 6) is -2.40. The molecule has 8 heteroatoms.